The lowest BCUT2D eigenvalue weighted by atomic mass is 9.98. The first-order valence-corrected chi connectivity index (χ1v) is 11.3. The normalized spacial score (nSPS) is 15.8. The topological polar surface area (TPSA) is 150 Å². The molecular weight excluding hydrogens is 425 g/mol. The van der Waals surface area contributed by atoms with Crippen LogP contribution in [0.15, 0.2) is 42.4 Å². The Morgan fingerprint density at radius 2 is 1.86 bits per heavy atom. The van der Waals surface area contributed by atoms with Gasteiger partial charge in [-0.05, 0) is 42.2 Å². The molecule has 156 valence electrons. The number of phenols is 1. The van der Waals surface area contributed by atoms with Crippen LogP contribution >= 0.6 is 0 Å². The van der Waals surface area contributed by atoms with Crippen LogP contribution in [-0.4, -0.2) is 27.0 Å². The molecule has 0 unspecified atom stereocenters. The van der Waals surface area contributed by atoms with Gasteiger partial charge in [-0.2, -0.15) is 8.42 Å². The number of primary sulfonamides is 1. The van der Waals surface area contributed by atoms with Crippen molar-refractivity contribution in [1.82, 2.24) is 4.72 Å². The molecular formula is C17H18FN3O6S2. The second-order valence-corrected chi connectivity index (χ2v) is 9.78. The Kier molecular flexibility index (Phi) is 5.19. The number of benzene rings is 2. The molecule has 1 aliphatic rings. The number of nitrogens with two attached hydrogens (primary N) is 1. The smallest absolute Gasteiger partial charge is 0.330 e. The van der Waals surface area contributed by atoms with Gasteiger partial charge in [0, 0.05) is 0 Å². The van der Waals surface area contributed by atoms with Crippen LogP contribution in [0.2, 0.25) is 0 Å². The van der Waals surface area contributed by atoms with Crippen LogP contribution in [0.1, 0.15) is 22.3 Å². The molecule has 2 aromatic carbocycles. The maximum Gasteiger partial charge on any atom is 0.330 e. The number of nitrogens with one attached hydrogen (secondary N) is 1. The molecule has 5 N–H and O–H groups in total. The van der Waals surface area contributed by atoms with E-state index in [0.29, 0.717) is 15.4 Å². The average molecular weight is 443 g/mol. The van der Waals surface area contributed by atoms with Crippen LogP contribution in [0.4, 0.5) is 10.1 Å². The summed E-state index contributed by atoms with van der Waals surface area (Å²) in [5.74, 6) is -2.84. The van der Waals surface area contributed by atoms with Crippen LogP contribution < -0.4 is 14.2 Å². The van der Waals surface area contributed by atoms with E-state index in [4.69, 9.17) is 5.14 Å². The first-order valence-electron chi connectivity index (χ1n) is 8.19. The number of anilines is 1. The lowest BCUT2D eigenvalue weighted by Gasteiger charge is -2.17. The van der Waals surface area contributed by atoms with Gasteiger partial charge in [0.15, 0.2) is 5.82 Å². The van der Waals surface area contributed by atoms with Crippen molar-refractivity contribution in [3.63, 3.8) is 0 Å². The fourth-order valence-electron chi connectivity index (χ4n) is 3.03. The third-order valence-electron chi connectivity index (χ3n) is 4.17. The number of hydrogen-bond acceptors (Lipinski definition) is 6. The maximum absolute atomic E-state index is 14.7. The molecule has 1 aliphatic heterocycles. The quantitative estimate of drug-likeness (QED) is 0.546. The van der Waals surface area contributed by atoms with E-state index in [1.165, 1.54) is 0 Å². The van der Waals surface area contributed by atoms with E-state index in [1.807, 2.05) is 0 Å². The molecule has 0 fully saturated rings. The number of phenolic OH excluding ortho intramolecular Hbond substituents is 1. The van der Waals surface area contributed by atoms with E-state index < -0.39 is 49.1 Å². The molecule has 2 aromatic rings. The molecule has 0 radical (unpaired) electrons. The van der Waals surface area contributed by atoms with E-state index in [-0.39, 0.29) is 12.0 Å². The van der Waals surface area contributed by atoms with Crippen molar-refractivity contribution in [2.45, 2.75) is 19.1 Å². The molecule has 0 saturated heterocycles. The van der Waals surface area contributed by atoms with Gasteiger partial charge in [-0.25, -0.2) is 27.0 Å². The zero-order valence-electron chi connectivity index (χ0n) is 15.1. The van der Waals surface area contributed by atoms with Crippen LogP contribution in [0.3, 0.4) is 0 Å². The van der Waals surface area contributed by atoms with Crippen LogP contribution in [0.25, 0.3) is 0 Å². The van der Waals surface area contributed by atoms with E-state index in [2.05, 4.69) is 0 Å². The fourth-order valence-corrected chi connectivity index (χ4v) is 4.81. The minimum atomic E-state index is -4.28. The number of halogens is 1. The summed E-state index contributed by atoms with van der Waals surface area (Å²) in [7, 11) is -8.07. The monoisotopic (exact) mass is 443 g/mol. The molecule has 0 spiro atoms. The van der Waals surface area contributed by atoms with Crippen molar-refractivity contribution in [1.29, 1.82) is 0 Å². The predicted molar refractivity (Wildman–Crippen MR) is 104 cm³/mol. The van der Waals surface area contributed by atoms with Gasteiger partial charge < -0.3 is 10.2 Å². The summed E-state index contributed by atoms with van der Waals surface area (Å²) < 4.78 is 63.6. The molecule has 0 aromatic heterocycles. The van der Waals surface area contributed by atoms with Gasteiger partial charge in [-0.1, -0.05) is 23.8 Å². The molecule has 0 bridgehead atoms. The molecule has 9 nitrogen and oxygen atoms in total. The Bertz CT molecular complexity index is 1200. The van der Waals surface area contributed by atoms with E-state index >= 15 is 0 Å². The zero-order valence-corrected chi connectivity index (χ0v) is 16.8. The van der Waals surface area contributed by atoms with Crippen molar-refractivity contribution < 1.29 is 31.4 Å². The lowest BCUT2D eigenvalue weighted by Crippen LogP contribution is -2.30. The van der Waals surface area contributed by atoms with Gasteiger partial charge in [0.1, 0.15) is 11.4 Å². The summed E-state index contributed by atoms with van der Waals surface area (Å²) in [6.45, 7) is 1.78. The largest absolute Gasteiger partial charge is 0.506 e. The minimum Gasteiger partial charge on any atom is -0.506 e. The molecule has 3 rings (SSSR count). The highest BCUT2D eigenvalue weighted by atomic mass is 32.2. The molecule has 1 heterocycles. The van der Waals surface area contributed by atoms with Gasteiger partial charge in [0.2, 0.25) is 15.9 Å². The van der Waals surface area contributed by atoms with E-state index in [0.717, 1.165) is 23.9 Å². The fraction of sp³-hybridized carbons (Fsp3) is 0.176. The third kappa shape index (κ3) is 4.60. The first kappa shape index (κ1) is 20.9. The Balaban J connectivity index is 1.99. The molecule has 0 aliphatic carbocycles. The Morgan fingerprint density at radius 1 is 1.17 bits per heavy atom. The van der Waals surface area contributed by atoms with Crippen molar-refractivity contribution in [3.05, 3.63) is 70.5 Å². The number of nitrogens with zero attached hydrogens (tertiary/aromatic N) is 1. The highest BCUT2D eigenvalue weighted by Crippen LogP contribution is 2.36. The summed E-state index contributed by atoms with van der Waals surface area (Å²) >= 11 is 0. The average Bonchev–Trinajstić information content (AvgIpc) is 2.80. The molecule has 29 heavy (non-hydrogen) atoms. The molecule has 0 atom stereocenters. The van der Waals surface area contributed by atoms with Gasteiger partial charge in [-0.15, -0.1) is 0 Å². The van der Waals surface area contributed by atoms with Crippen molar-refractivity contribution >= 4 is 25.9 Å². The van der Waals surface area contributed by atoms with Gasteiger partial charge in [0.25, 0.3) is 0 Å². The standard InChI is InChI=1S/C17H18FN3O6S2/c1-10-2-3-12(13(4-10)9-28(19,24)25)5-11-6-14(18)17(15(22)7-11)21-8-16(23)20-29(21,26)27/h2-4,6-8,20,22-23H,5,9H2,1H3,(H2,19,24,25). The zero-order chi connectivity index (χ0) is 21.6. The summed E-state index contributed by atoms with van der Waals surface area (Å²) in [4.78, 5) is 0. The van der Waals surface area contributed by atoms with E-state index in [1.54, 1.807) is 29.8 Å². The van der Waals surface area contributed by atoms with Crippen molar-refractivity contribution in [2.75, 3.05) is 4.31 Å². The summed E-state index contributed by atoms with van der Waals surface area (Å²) in [6.07, 6.45) is 0.791. The van der Waals surface area contributed by atoms with Gasteiger partial charge in [-0.3, -0.25) is 0 Å². The molecule has 12 heteroatoms. The SMILES string of the molecule is Cc1ccc(Cc2cc(O)c(N3C=C(O)NS3(=O)=O)c(F)c2)c(CS(N)(=O)=O)c1. The first-order chi connectivity index (χ1) is 13.4. The number of aliphatic hydroxyl groups is 1. The Hall–Kier alpha value is -2.83. The van der Waals surface area contributed by atoms with Gasteiger partial charge >= 0.3 is 10.2 Å². The van der Waals surface area contributed by atoms with Crippen molar-refractivity contribution in [2.24, 2.45) is 5.14 Å². The van der Waals surface area contributed by atoms with E-state index in [9.17, 15) is 31.4 Å². The third-order valence-corrected chi connectivity index (χ3v) is 6.15. The highest BCUT2D eigenvalue weighted by Gasteiger charge is 2.33. The van der Waals surface area contributed by atoms with Crippen molar-refractivity contribution in [3.8, 4) is 5.75 Å². The Morgan fingerprint density at radius 3 is 2.41 bits per heavy atom. The highest BCUT2D eigenvalue weighted by molar-refractivity contribution is 7.91. The number of hydrogen-bond donors (Lipinski definition) is 4. The van der Waals surface area contributed by atoms with Crippen LogP contribution in [0, 0.1) is 12.7 Å². The molecule has 0 amide bonds. The van der Waals surface area contributed by atoms with Crippen LogP contribution in [0.5, 0.6) is 5.75 Å². The Labute approximate surface area is 167 Å². The number of aliphatic hydroxyl groups excluding tert-OH is 1. The number of rotatable bonds is 5. The van der Waals surface area contributed by atoms with Gasteiger partial charge in [0.05, 0.1) is 12.0 Å². The summed E-state index contributed by atoms with van der Waals surface area (Å²) in [5, 5.41) is 24.7. The maximum atomic E-state index is 14.7. The minimum absolute atomic E-state index is 0.0714. The van der Waals surface area contributed by atoms with Crippen LogP contribution in [-0.2, 0) is 32.4 Å². The number of sulfonamides is 1. The lowest BCUT2D eigenvalue weighted by molar-refractivity contribution is 0.392. The predicted octanol–water partition coefficient (Wildman–Crippen LogP) is 1.23. The summed E-state index contributed by atoms with van der Waals surface area (Å²) in [6, 6.07) is 7.27. The second-order valence-electron chi connectivity index (χ2n) is 6.62. The summed E-state index contributed by atoms with van der Waals surface area (Å²) in [5.41, 5.74) is 1.44. The second kappa shape index (κ2) is 7.21. The molecule has 0 saturated carbocycles. The number of aryl methyl sites for hydroxylation is 1. The number of aromatic hydroxyl groups is 1.